The van der Waals surface area contributed by atoms with Crippen LogP contribution >= 0.6 is 15.9 Å². The number of rotatable bonds is 2. The highest BCUT2D eigenvalue weighted by Gasteiger charge is 2.43. The quantitative estimate of drug-likeness (QED) is 0.776. The number of nitrogens with zero attached hydrogens (tertiary/aromatic N) is 1. The van der Waals surface area contributed by atoms with E-state index >= 15 is 0 Å². The van der Waals surface area contributed by atoms with Crippen LogP contribution in [0.5, 0.6) is 0 Å². The average Bonchev–Trinajstić information content (AvgIpc) is 2.58. The largest absolute Gasteiger partial charge is 0.359 e. The van der Waals surface area contributed by atoms with Crippen LogP contribution in [0, 0.1) is 5.41 Å². The molecule has 5 heteroatoms. The molecule has 1 rings (SSSR count). The molecule has 1 saturated heterocycles. The standard InChI is InChI=1S/C11H19BrN2O2/c1-10(2,12)9(16)14-6-5-11(3,7-14)8(15)13-4/h5-7H2,1-4H3,(H,13,15). The number of carbonyl (C=O) groups excluding carboxylic acids is 2. The fourth-order valence-electron chi connectivity index (χ4n) is 2.00. The fraction of sp³-hybridized carbons (Fsp3) is 0.818. The minimum absolute atomic E-state index is 0.00942. The van der Waals surface area contributed by atoms with E-state index in [4.69, 9.17) is 0 Å². The number of alkyl halides is 1. The van der Waals surface area contributed by atoms with Crippen molar-refractivity contribution in [3.8, 4) is 0 Å². The van der Waals surface area contributed by atoms with Crippen LogP contribution in [0.3, 0.4) is 0 Å². The topological polar surface area (TPSA) is 49.4 Å². The van der Waals surface area contributed by atoms with Crippen LogP contribution in [0.2, 0.25) is 0 Å². The van der Waals surface area contributed by atoms with Gasteiger partial charge in [0.1, 0.15) is 0 Å². The lowest BCUT2D eigenvalue weighted by Crippen LogP contribution is -2.44. The SMILES string of the molecule is CNC(=O)C1(C)CCN(C(=O)C(C)(C)Br)C1. The number of likely N-dealkylation sites (tertiary alicyclic amines) is 1. The van der Waals surface area contributed by atoms with E-state index in [0.717, 1.165) is 6.42 Å². The van der Waals surface area contributed by atoms with E-state index in [1.54, 1.807) is 11.9 Å². The lowest BCUT2D eigenvalue weighted by atomic mass is 9.89. The third-order valence-corrected chi connectivity index (χ3v) is 3.38. The smallest absolute Gasteiger partial charge is 0.238 e. The van der Waals surface area contributed by atoms with Gasteiger partial charge in [-0.25, -0.2) is 0 Å². The lowest BCUT2D eigenvalue weighted by Gasteiger charge is -2.26. The second kappa shape index (κ2) is 4.35. The van der Waals surface area contributed by atoms with Crippen molar-refractivity contribution in [1.82, 2.24) is 10.2 Å². The van der Waals surface area contributed by atoms with Crippen molar-refractivity contribution in [3.63, 3.8) is 0 Å². The van der Waals surface area contributed by atoms with Gasteiger partial charge in [-0.15, -0.1) is 0 Å². The predicted molar refractivity (Wildman–Crippen MR) is 66.4 cm³/mol. The van der Waals surface area contributed by atoms with Crippen LogP contribution < -0.4 is 5.32 Å². The van der Waals surface area contributed by atoms with Gasteiger partial charge in [-0.05, 0) is 27.2 Å². The molecule has 0 spiro atoms. The Balaban J connectivity index is 2.73. The van der Waals surface area contributed by atoms with Crippen LogP contribution in [-0.2, 0) is 9.59 Å². The van der Waals surface area contributed by atoms with Crippen molar-refractivity contribution < 1.29 is 9.59 Å². The van der Waals surface area contributed by atoms with E-state index in [1.165, 1.54) is 0 Å². The number of amides is 2. The molecule has 0 radical (unpaired) electrons. The molecule has 1 aliphatic heterocycles. The van der Waals surface area contributed by atoms with Crippen LogP contribution in [0.15, 0.2) is 0 Å². The van der Waals surface area contributed by atoms with E-state index in [-0.39, 0.29) is 11.8 Å². The van der Waals surface area contributed by atoms with Gasteiger partial charge in [-0.2, -0.15) is 0 Å². The second-order valence-electron chi connectivity index (χ2n) is 5.09. The number of hydrogen-bond acceptors (Lipinski definition) is 2. The Kier molecular flexibility index (Phi) is 3.67. The fourth-order valence-corrected chi connectivity index (χ4v) is 2.25. The Morgan fingerprint density at radius 2 is 2.00 bits per heavy atom. The van der Waals surface area contributed by atoms with Gasteiger partial charge in [-0.1, -0.05) is 15.9 Å². The highest BCUT2D eigenvalue weighted by Crippen LogP contribution is 2.32. The summed E-state index contributed by atoms with van der Waals surface area (Å²) in [6, 6.07) is 0. The number of nitrogens with one attached hydrogen (secondary N) is 1. The van der Waals surface area contributed by atoms with Crippen molar-refractivity contribution in [3.05, 3.63) is 0 Å². The zero-order valence-electron chi connectivity index (χ0n) is 10.3. The molecule has 0 aromatic rings. The summed E-state index contributed by atoms with van der Waals surface area (Å²) in [4.78, 5) is 25.5. The van der Waals surface area contributed by atoms with E-state index in [9.17, 15) is 9.59 Å². The summed E-state index contributed by atoms with van der Waals surface area (Å²) in [6.07, 6.45) is 0.724. The normalized spacial score (nSPS) is 25.7. The second-order valence-corrected chi connectivity index (χ2v) is 7.07. The van der Waals surface area contributed by atoms with E-state index < -0.39 is 9.74 Å². The number of carbonyl (C=O) groups is 2. The maximum atomic E-state index is 12.0. The first-order valence-electron chi connectivity index (χ1n) is 5.41. The van der Waals surface area contributed by atoms with E-state index in [1.807, 2.05) is 20.8 Å². The van der Waals surface area contributed by atoms with Gasteiger partial charge in [0.25, 0.3) is 0 Å². The number of hydrogen-bond donors (Lipinski definition) is 1. The Labute approximate surface area is 105 Å². The molecule has 92 valence electrons. The molecule has 1 atom stereocenters. The molecular formula is C11H19BrN2O2. The Morgan fingerprint density at radius 3 is 2.44 bits per heavy atom. The Bertz CT molecular complexity index is 312. The molecule has 1 aliphatic rings. The van der Waals surface area contributed by atoms with Gasteiger partial charge < -0.3 is 10.2 Å². The van der Waals surface area contributed by atoms with Crippen molar-refractivity contribution >= 4 is 27.7 Å². The van der Waals surface area contributed by atoms with Crippen molar-refractivity contribution in [1.29, 1.82) is 0 Å². The van der Waals surface area contributed by atoms with E-state index in [2.05, 4.69) is 21.2 Å². The molecule has 16 heavy (non-hydrogen) atoms. The first-order chi connectivity index (χ1) is 7.20. The zero-order chi connectivity index (χ0) is 12.6. The predicted octanol–water partition coefficient (Wildman–Crippen LogP) is 1.14. The highest BCUT2D eigenvalue weighted by molar-refractivity contribution is 9.10. The zero-order valence-corrected chi connectivity index (χ0v) is 11.8. The van der Waals surface area contributed by atoms with E-state index in [0.29, 0.717) is 13.1 Å². The summed E-state index contributed by atoms with van der Waals surface area (Å²) in [5, 5.41) is 2.66. The molecule has 1 N–H and O–H groups in total. The van der Waals surface area contributed by atoms with Crippen molar-refractivity contribution in [2.24, 2.45) is 5.41 Å². The van der Waals surface area contributed by atoms with Gasteiger partial charge in [0.05, 0.1) is 9.74 Å². The Hall–Kier alpha value is -0.580. The van der Waals surface area contributed by atoms with Crippen molar-refractivity contribution in [2.45, 2.75) is 31.5 Å². The summed E-state index contributed by atoms with van der Waals surface area (Å²) in [6.45, 7) is 6.70. The third-order valence-electron chi connectivity index (χ3n) is 3.04. The van der Waals surface area contributed by atoms with Crippen LogP contribution in [0.1, 0.15) is 27.2 Å². The minimum Gasteiger partial charge on any atom is -0.359 e. The molecule has 1 heterocycles. The average molecular weight is 291 g/mol. The first-order valence-corrected chi connectivity index (χ1v) is 6.20. The summed E-state index contributed by atoms with van der Waals surface area (Å²) in [7, 11) is 1.63. The van der Waals surface area contributed by atoms with Crippen LogP contribution in [0.25, 0.3) is 0 Å². The summed E-state index contributed by atoms with van der Waals surface area (Å²) in [5.74, 6) is 0.0512. The summed E-state index contributed by atoms with van der Waals surface area (Å²) >= 11 is 3.35. The highest BCUT2D eigenvalue weighted by atomic mass is 79.9. The van der Waals surface area contributed by atoms with Gasteiger partial charge in [0.15, 0.2) is 0 Å². The molecule has 4 nitrogen and oxygen atoms in total. The molecule has 0 bridgehead atoms. The van der Waals surface area contributed by atoms with Gasteiger partial charge >= 0.3 is 0 Å². The number of halogens is 1. The van der Waals surface area contributed by atoms with Gasteiger partial charge in [0, 0.05) is 20.1 Å². The van der Waals surface area contributed by atoms with Crippen LogP contribution in [-0.4, -0.2) is 41.2 Å². The lowest BCUT2D eigenvalue weighted by molar-refractivity contribution is -0.133. The maximum Gasteiger partial charge on any atom is 0.238 e. The molecule has 1 fully saturated rings. The molecule has 0 aromatic heterocycles. The molecule has 2 amide bonds. The maximum absolute atomic E-state index is 12.0. The molecule has 0 aromatic carbocycles. The molecule has 0 aliphatic carbocycles. The summed E-state index contributed by atoms with van der Waals surface area (Å²) < 4.78 is -0.555. The van der Waals surface area contributed by atoms with Gasteiger partial charge in [-0.3, -0.25) is 9.59 Å². The monoisotopic (exact) mass is 290 g/mol. The Morgan fingerprint density at radius 1 is 1.44 bits per heavy atom. The van der Waals surface area contributed by atoms with Crippen LogP contribution in [0.4, 0.5) is 0 Å². The van der Waals surface area contributed by atoms with Gasteiger partial charge in [0.2, 0.25) is 11.8 Å². The molecule has 0 saturated carbocycles. The first kappa shape index (κ1) is 13.5. The third kappa shape index (κ3) is 2.56. The minimum atomic E-state index is -0.555. The molecular weight excluding hydrogens is 272 g/mol. The summed E-state index contributed by atoms with van der Waals surface area (Å²) in [5.41, 5.74) is -0.442. The van der Waals surface area contributed by atoms with Crippen molar-refractivity contribution in [2.75, 3.05) is 20.1 Å². The molecule has 1 unspecified atom stereocenters.